The van der Waals surface area contributed by atoms with Gasteiger partial charge in [0.05, 0.1) is 18.8 Å². The molecule has 1 N–H and O–H groups in total. The lowest BCUT2D eigenvalue weighted by atomic mass is 10.2. The van der Waals surface area contributed by atoms with Gasteiger partial charge in [-0.05, 0) is 32.0 Å². The smallest absolute Gasteiger partial charge is 0.188 e. The van der Waals surface area contributed by atoms with Crippen LogP contribution in [0.15, 0.2) is 42.7 Å². The highest BCUT2D eigenvalue weighted by atomic mass is 35.5. The minimum atomic E-state index is -0.341. The summed E-state index contributed by atoms with van der Waals surface area (Å²) in [5.74, 6) is 0.297. The number of thiazole rings is 1. The highest BCUT2D eigenvalue weighted by Crippen LogP contribution is 2.24. The molecule has 0 bridgehead atoms. The van der Waals surface area contributed by atoms with Gasteiger partial charge in [-0.2, -0.15) is 10.2 Å². The molecule has 3 heterocycles. The van der Waals surface area contributed by atoms with Crippen molar-refractivity contribution >= 4 is 33.9 Å². The maximum absolute atomic E-state index is 13.9. The number of benzene rings is 1. The molecule has 0 aliphatic carbocycles. The lowest BCUT2D eigenvalue weighted by molar-refractivity contribution is 0.586. The molecule has 0 aliphatic rings. The standard InChI is InChI=1S/C19H18ClFN6S/c1-12-8-13(2)27(24-12)10-14-9-22-19(28-14)23-18-6-7-26(25-18)11-15-16(20)4-3-5-17(15)21/h3-9H,10-11H2,1-2H3,(H,22,23,25). The minimum absolute atomic E-state index is 0.258. The Labute approximate surface area is 170 Å². The van der Waals surface area contributed by atoms with E-state index in [0.717, 1.165) is 21.4 Å². The average molecular weight is 417 g/mol. The monoisotopic (exact) mass is 416 g/mol. The van der Waals surface area contributed by atoms with Gasteiger partial charge in [0, 0.05) is 39.6 Å². The summed E-state index contributed by atoms with van der Waals surface area (Å²) in [5, 5.41) is 13.2. The molecule has 0 fully saturated rings. The predicted molar refractivity (Wildman–Crippen MR) is 109 cm³/mol. The van der Waals surface area contributed by atoms with Crippen LogP contribution in [0, 0.1) is 19.7 Å². The van der Waals surface area contributed by atoms with Gasteiger partial charge < -0.3 is 5.32 Å². The third-order valence-corrected chi connectivity index (χ3v) is 5.47. The predicted octanol–water partition coefficient (Wildman–Crippen LogP) is 4.79. The number of anilines is 2. The number of halogens is 2. The second kappa shape index (κ2) is 7.73. The van der Waals surface area contributed by atoms with Crippen molar-refractivity contribution in [1.29, 1.82) is 0 Å². The molecule has 0 saturated heterocycles. The first-order valence-electron chi connectivity index (χ1n) is 8.67. The number of nitrogens with zero attached hydrogens (tertiary/aromatic N) is 5. The molecule has 9 heteroatoms. The molecule has 3 aromatic heterocycles. The Morgan fingerprint density at radius 2 is 2.04 bits per heavy atom. The molecular weight excluding hydrogens is 399 g/mol. The maximum Gasteiger partial charge on any atom is 0.188 e. The van der Waals surface area contributed by atoms with E-state index in [4.69, 9.17) is 11.6 Å². The van der Waals surface area contributed by atoms with Crippen molar-refractivity contribution in [3.63, 3.8) is 0 Å². The van der Waals surface area contributed by atoms with E-state index in [-0.39, 0.29) is 12.4 Å². The van der Waals surface area contributed by atoms with E-state index in [1.165, 1.54) is 6.07 Å². The summed E-state index contributed by atoms with van der Waals surface area (Å²) in [7, 11) is 0. The van der Waals surface area contributed by atoms with Crippen LogP contribution in [0.5, 0.6) is 0 Å². The molecule has 4 rings (SSSR count). The van der Waals surface area contributed by atoms with Crippen LogP contribution in [0.25, 0.3) is 0 Å². The van der Waals surface area contributed by atoms with Crippen LogP contribution in [-0.2, 0) is 13.1 Å². The fraction of sp³-hybridized carbons (Fsp3) is 0.211. The van der Waals surface area contributed by atoms with E-state index in [1.807, 2.05) is 30.8 Å². The molecule has 1 aromatic carbocycles. The van der Waals surface area contributed by atoms with Gasteiger partial charge in [-0.15, -0.1) is 0 Å². The van der Waals surface area contributed by atoms with Gasteiger partial charge >= 0.3 is 0 Å². The summed E-state index contributed by atoms with van der Waals surface area (Å²) < 4.78 is 17.5. The third-order valence-electron chi connectivity index (χ3n) is 4.22. The number of hydrogen-bond donors (Lipinski definition) is 1. The summed E-state index contributed by atoms with van der Waals surface area (Å²) in [4.78, 5) is 5.49. The van der Waals surface area contributed by atoms with Crippen LogP contribution in [0.3, 0.4) is 0 Å². The molecule has 0 radical (unpaired) electrons. The Hall–Kier alpha value is -2.71. The highest BCUT2D eigenvalue weighted by Gasteiger charge is 2.10. The van der Waals surface area contributed by atoms with Gasteiger partial charge in [0.1, 0.15) is 5.82 Å². The van der Waals surface area contributed by atoms with Gasteiger partial charge in [-0.1, -0.05) is 29.0 Å². The van der Waals surface area contributed by atoms with Crippen molar-refractivity contribution in [2.45, 2.75) is 26.9 Å². The molecule has 4 aromatic rings. The van der Waals surface area contributed by atoms with E-state index in [2.05, 4.69) is 26.6 Å². The molecule has 6 nitrogen and oxygen atoms in total. The largest absolute Gasteiger partial charge is 0.315 e. The first-order chi connectivity index (χ1) is 13.5. The zero-order valence-corrected chi connectivity index (χ0v) is 16.9. The normalized spacial score (nSPS) is 11.1. The van der Waals surface area contributed by atoms with Crippen LogP contribution < -0.4 is 5.32 Å². The van der Waals surface area contributed by atoms with Gasteiger partial charge in [0.2, 0.25) is 0 Å². The first-order valence-corrected chi connectivity index (χ1v) is 9.86. The Kier molecular flexibility index (Phi) is 5.15. The van der Waals surface area contributed by atoms with Crippen molar-refractivity contribution < 1.29 is 4.39 Å². The van der Waals surface area contributed by atoms with Crippen molar-refractivity contribution in [2.75, 3.05) is 5.32 Å². The van der Waals surface area contributed by atoms with Crippen LogP contribution in [0.2, 0.25) is 5.02 Å². The summed E-state index contributed by atoms with van der Waals surface area (Å²) >= 11 is 7.63. The average Bonchev–Trinajstić information content (AvgIpc) is 3.34. The molecular formula is C19H18ClFN6S. The summed E-state index contributed by atoms with van der Waals surface area (Å²) in [6, 6.07) is 8.52. The third kappa shape index (κ3) is 4.07. The van der Waals surface area contributed by atoms with E-state index in [9.17, 15) is 4.39 Å². The second-order valence-corrected chi connectivity index (χ2v) is 7.96. The van der Waals surface area contributed by atoms with Crippen LogP contribution in [-0.4, -0.2) is 24.5 Å². The van der Waals surface area contributed by atoms with Crippen molar-refractivity contribution in [3.05, 3.63) is 75.4 Å². The fourth-order valence-electron chi connectivity index (χ4n) is 2.89. The second-order valence-electron chi connectivity index (χ2n) is 6.44. The number of rotatable bonds is 6. The topological polar surface area (TPSA) is 60.6 Å². The summed E-state index contributed by atoms with van der Waals surface area (Å²) in [6.45, 7) is 4.95. The Bertz CT molecular complexity index is 1100. The van der Waals surface area contributed by atoms with Crippen LogP contribution in [0.4, 0.5) is 15.3 Å². The molecule has 0 unspecified atom stereocenters. The molecule has 0 saturated carbocycles. The zero-order valence-electron chi connectivity index (χ0n) is 15.4. The quantitative estimate of drug-likeness (QED) is 0.491. The highest BCUT2D eigenvalue weighted by molar-refractivity contribution is 7.15. The molecule has 144 valence electrons. The lowest BCUT2D eigenvalue weighted by Crippen LogP contribution is -2.04. The van der Waals surface area contributed by atoms with Gasteiger partial charge in [-0.25, -0.2) is 9.37 Å². The molecule has 0 atom stereocenters. The van der Waals surface area contributed by atoms with Crippen LogP contribution >= 0.6 is 22.9 Å². The summed E-state index contributed by atoms with van der Waals surface area (Å²) in [6.07, 6.45) is 3.61. The number of aryl methyl sites for hydroxylation is 2. The number of nitrogens with one attached hydrogen (secondary N) is 1. The lowest BCUT2D eigenvalue weighted by Gasteiger charge is -2.06. The summed E-state index contributed by atoms with van der Waals surface area (Å²) in [5.41, 5.74) is 2.53. The fourth-order valence-corrected chi connectivity index (χ4v) is 3.92. The van der Waals surface area contributed by atoms with Gasteiger partial charge in [0.25, 0.3) is 0 Å². The molecule has 0 aliphatic heterocycles. The molecule has 0 spiro atoms. The minimum Gasteiger partial charge on any atom is -0.315 e. The van der Waals surface area contributed by atoms with Crippen molar-refractivity contribution in [2.24, 2.45) is 0 Å². The van der Waals surface area contributed by atoms with Gasteiger partial charge in [-0.3, -0.25) is 9.36 Å². The van der Waals surface area contributed by atoms with Gasteiger partial charge in [0.15, 0.2) is 10.9 Å². The Morgan fingerprint density at radius 3 is 2.79 bits per heavy atom. The van der Waals surface area contributed by atoms with E-state index in [0.29, 0.717) is 22.9 Å². The van der Waals surface area contributed by atoms with E-state index < -0.39 is 0 Å². The van der Waals surface area contributed by atoms with Crippen molar-refractivity contribution in [3.8, 4) is 0 Å². The van der Waals surface area contributed by atoms with E-state index >= 15 is 0 Å². The molecule has 0 amide bonds. The van der Waals surface area contributed by atoms with E-state index in [1.54, 1.807) is 34.3 Å². The Balaban J connectivity index is 1.43. The van der Waals surface area contributed by atoms with Crippen LogP contribution in [0.1, 0.15) is 21.8 Å². The SMILES string of the molecule is Cc1cc(C)n(Cc2cnc(Nc3ccn(Cc4c(F)cccc4Cl)n3)s2)n1. The Morgan fingerprint density at radius 1 is 1.18 bits per heavy atom. The van der Waals surface area contributed by atoms with Crippen molar-refractivity contribution in [1.82, 2.24) is 24.5 Å². The number of hydrogen-bond acceptors (Lipinski definition) is 5. The maximum atomic E-state index is 13.9. The first kappa shape index (κ1) is 18.6. The molecule has 28 heavy (non-hydrogen) atoms. The number of aromatic nitrogens is 5. The zero-order chi connectivity index (χ0) is 19.7.